The van der Waals surface area contributed by atoms with Gasteiger partial charge in [0.05, 0.1) is 5.41 Å². The van der Waals surface area contributed by atoms with Crippen LogP contribution in [0.15, 0.2) is 217 Å². The van der Waals surface area contributed by atoms with E-state index in [2.05, 4.69) is 176 Å². The summed E-state index contributed by atoms with van der Waals surface area (Å²) in [5, 5.41) is 2.17. The lowest BCUT2D eigenvalue weighted by Crippen LogP contribution is -2.25. The third-order valence-electron chi connectivity index (χ3n) is 13.0. The highest BCUT2D eigenvalue weighted by atomic mass is 16.3. The van der Waals surface area contributed by atoms with Crippen LogP contribution in [0.4, 0.5) is 0 Å². The molecule has 2 aliphatic carbocycles. The summed E-state index contributed by atoms with van der Waals surface area (Å²) in [5.74, 6) is 1.81. The van der Waals surface area contributed by atoms with Crippen molar-refractivity contribution in [3.63, 3.8) is 0 Å². The summed E-state index contributed by atoms with van der Waals surface area (Å²) in [7, 11) is 0. The Bertz CT molecular complexity index is 3560. The summed E-state index contributed by atoms with van der Waals surface area (Å²) in [6, 6.07) is 75.5. The number of furan rings is 1. The molecule has 0 bridgehead atoms. The number of benzene rings is 9. The van der Waals surface area contributed by atoms with Gasteiger partial charge in [0.15, 0.2) is 17.5 Å². The smallest absolute Gasteiger partial charge is 0.164 e. The average Bonchev–Trinajstić information content (AvgIpc) is 3.98. The second-order valence-electron chi connectivity index (χ2n) is 16.2. The van der Waals surface area contributed by atoms with Crippen molar-refractivity contribution >= 4 is 21.9 Å². The molecule has 2 aliphatic rings. The first-order valence-corrected chi connectivity index (χ1v) is 21.1. The zero-order chi connectivity index (χ0) is 40.8. The van der Waals surface area contributed by atoms with Gasteiger partial charge in [0.2, 0.25) is 0 Å². The van der Waals surface area contributed by atoms with Gasteiger partial charge in [-0.15, -0.1) is 0 Å². The molecule has 0 atom stereocenters. The first kappa shape index (κ1) is 34.6. The van der Waals surface area contributed by atoms with Gasteiger partial charge in [0.1, 0.15) is 11.2 Å². The number of aromatic nitrogens is 3. The molecule has 288 valence electrons. The number of hydrogen-bond acceptors (Lipinski definition) is 4. The van der Waals surface area contributed by atoms with Crippen molar-refractivity contribution in [2.24, 2.45) is 0 Å². The minimum absolute atomic E-state index is 0.398. The van der Waals surface area contributed by atoms with E-state index < -0.39 is 5.41 Å². The molecule has 13 rings (SSSR count). The molecule has 9 aromatic carbocycles. The zero-order valence-electron chi connectivity index (χ0n) is 33.5. The Kier molecular flexibility index (Phi) is 7.49. The van der Waals surface area contributed by atoms with Gasteiger partial charge >= 0.3 is 0 Å². The fourth-order valence-corrected chi connectivity index (χ4v) is 10.4. The van der Waals surface area contributed by atoms with E-state index in [1.165, 1.54) is 44.5 Å². The molecule has 2 aromatic heterocycles. The Hall–Kier alpha value is -8.21. The number of rotatable bonds is 5. The van der Waals surface area contributed by atoms with E-state index >= 15 is 0 Å². The van der Waals surface area contributed by atoms with Crippen molar-refractivity contribution in [3.8, 4) is 78.7 Å². The highest BCUT2D eigenvalue weighted by Gasteiger charge is 2.51. The van der Waals surface area contributed by atoms with E-state index in [0.717, 1.165) is 60.9 Å². The van der Waals surface area contributed by atoms with Crippen LogP contribution in [0.25, 0.3) is 101 Å². The van der Waals surface area contributed by atoms with Crippen LogP contribution in [0.2, 0.25) is 0 Å². The van der Waals surface area contributed by atoms with Crippen molar-refractivity contribution in [2.45, 2.75) is 5.41 Å². The van der Waals surface area contributed by atoms with Gasteiger partial charge in [-0.1, -0.05) is 200 Å². The van der Waals surface area contributed by atoms with Crippen LogP contribution in [0.3, 0.4) is 0 Å². The van der Waals surface area contributed by atoms with Crippen molar-refractivity contribution in [3.05, 3.63) is 235 Å². The maximum absolute atomic E-state index is 6.55. The van der Waals surface area contributed by atoms with Crippen LogP contribution < -0.4 is 0 Å². The maximum atomic E-state index is 6.55. The SMILES string of the molecule is c1ccc(-c2nc(-c3ccccc3-c3ccc4c(c3)-c3ccccc3C43c4ccccc4-c4ccccc43)nc(-c3ccccc3-c3cccc4c3oc3ccccc34)n2)cc1. The molecule has 2 heterocycles. The lowest BCUT2D eigenvalue weighted by atomic mass is 9.70. The van der Waals surface area contributed by atoms with Gasteiger partial charge in [-0.05, 0) is 73.3 Å². The standard InChI is InChI=1S/C58H35N3O/c1-2-17-36(18-3-1)55-59-56(61-57(60-55)47-26-7-5-20-39(47)44-27-16-28-45-43-24-11-15-32-53(43)62-54(44)45)46-25-6-4-19-38(46)37-33-34-52-48(35-37)42-23-10-14-31-51(42)58(52)49-29-12-8-21-40(49)41-22-9-13-30-50(41)58/h1-35H. The Morgan fingerprint density at radius 1 is 0.290 bits per heavy atom. The van der Waals surface area contributed by atoms with Crippen LogP contribution >= 0.6 is 0 Å². The monoisotopic (exact) mass is 789 g/mol. The molecule has 0 unspecified atom stereocenters. The maximum Gasteiger partial charge on any atom is 0.164 e. The molecule has 0 radical (unpaired) electrons. The molecule has 4 heteroatoms. The molecule has 0 saturated carbocycles. The first-order chi connectivity index (χ1) is 30.8. The minimum atomic E-state index is -0.398. The molecule has 0 N–H and O–H groups in total. The van der Waals surface area contributed by atoms with Gasteiger partial charge in [-0.3, -0.25) is 0 Å². The third kappa shape index (κ3) is 4.92. The van der Waals surface area contributed by atoms with Crippen molar-refractivity contribution < 1.29 is 4.42 Å². The normalized spacial score (nSPS) is 13.0. The van der Waals surface area contributed by atoms with Gasteiger partial charge in [-0.2, -0.15) is 0 Å². The summed E-state index contributed by atoms with van der Waals surface area (Å²) in [6.07, 6.45) is 0. The number of nitrogens with zero attached hydrogens (tertiary/aromatic N) is 3. The minimum Gasteiger partial charge on any atom is -0.455 e. The topological polar surface area (TPSA) is 51.8 Å². The van der Waals surface area contributed by atoms with Crippen LogP contribution in [0.5, 0.6) is 0 Å². The Balaban J connectivity index is 1.00. The molecule has 4 nitrogen and oxygen atoms in total. The second kappa shape index (κ2) is 13.4. The Labute approximate surface area is 358 Å². The van der Waals surface area contributed by atoms with Gasteiger partial charge in [0, 0.05) is 33.0 Å². The van der Waals surface area contributed by atoms with Crippen LogP contribution in [-0.4, -0.2) is 15.0 Å². The van der Waals surface area contributed by atoms with E-state index in [4.69, 9.17) is 19.4 Å². The van der Waals surface area contributed by atoms with Crippen molar-refractivity contribution in [1.82, 2.24) is 15.0 Å². The Morgan fingerprint density at radius 2 is 0.758 bits per heavy atom. The second-order valence-corrected chi connectivity index (χ2v) is 16.2. The molecule has 0 aliphatic heterocycles. The fourth-order valence-electron chi connectivity index (χ4n) is 10.4. The Morgan fingerprint density at radius 3 is 1.44 bits per heavy atom. The van der Waals surface area contributed by atoms with Crippen LogP contribution in [-0.2, 0) is 5.41 Å². The van der Waals surface area contributed by atoms with Crippen LogP contribution in [0.1, 0.15) is 22.3 Å². The summed E-state index contributed by atoms with van der Waals surface area (Å²) >= 11 is 0. The van der Waals surface area contributed by atoms with Crippen molar-refractivity contribution in [1.29, 1.82) is 0 Å². The van der Waals surface area contributed by atoms with Gasteiger partial charge in [-0.25, -0.2) is 15.0 Å². The van der Waals surface area contributed by atoms with Gasteiger partial charge in [0.25, 0.3) is 0 Å². The first-order valence-electron chi connectivity index (χ1n) is 21.1. The van der Waals surface area contributed by atoms with Crippen molar-refractivity contribution in [2.75, 3.05) is 0 Å². The number of hydrogen-bond donors (Lipinski definition) is 0. The quantitative estimate of drug-likeness (QED) is 0.174. The third-order valence-corrected chi connectivity index (χ3v) is 13.0. The number of fused-ring (bicyclic) bond motifs is 13. The highest BCUT2D eigenvalue weighted by Crippen LogP contribution is 2.63. The summed E-state index contributed by atoms with van der Waals surface area (Å²) in [5.41, 5.74) is 18.6. The molecular weight excluding hydrogens is 755 g/mol. The molecule has 0 saturated heterocycles. The lowest BCUT2D eigenvalue weighted by Gasteiger charge is -2.30. The predicted octanol–water partition coefficient (Wildman–Crippen LogP) is 14.4. The lowest BCUT2D eigenvalue weighted by molar-refractivity contribution is 0.670. The highest BCUT2D eigenvalue weighted by molar-refractivity contribution is 6.10. The van der Waals surface area contributed by atoms with E-state index in [9.17, 15) is 0 Å². The zero-order valence-corrected chi connectivity index (χ0v) is 33.5. The summed E-state index contributed by atoms with van der Waals surface area (Å²) < 4.78 is 6.55. The molecular formula is C58H35N3O. The summed E-state index contributed by atoms with van der Waals surface area (Å²) in [4.78, 5) is 15.8. The van der Waals surface area contributed by atoms with E-state index in [1.54, 1.807) is 0 Å². The largest absolute Gasteiger partial charge is 0.455 e. The van der Waals surface area contributed by atoms with Gasteiger partial charge < -0.3 is 4.42 Å². The van der Waals surface area contributed by atoms with E-state index in [1.807, 2.05) is 36.4 Å². The average molecular weight is 790 g/mol. The fraction of sp³-hybridized carbons (Fsp3) is 0.0172. The molecule has 11 aromatic rings. The van der Waals surface area contributed by atoms with Crippen LogP contribution in [0, 0.1) is 0 Å². The molecule has 0 fully saturated rings. The molecule has 62 heavy (non-hydrogen) atoms. The van der Waals surface area contributed by atoms with E-state index in [-0.39, 0.29) is 0 Å². The predicted molar refractivity (Wildman–Crippen MR) is 251 cm³/mol. The van der Waals surface area contributed by atoms with E-state index in [0.29, 0.717) is 17.5 Å². The molecule has 1 spiro atoms. The molecule has 0 amide bonds. The summed E-state index contributed by atoms with van der Waals surface area (Å²) in [6.45, 7) is 0. The number of para-hydroxylation sites is 2.